The number of amidine groups is 1. The monoisotopic (exact) mass is 350 g/mol. The van der Waals surface area contributed by atoms with E-state index in [-0.39, 0.29) is 17.0 Å². The van der Waals surface area contributed by atoms with Crippen molar-refractivity contribution in [1.82, 2.24) is 0 Å². The van der Waals surface area contributed by atoms with Crippen LogP contribution in [0.2, 0.25) is 0 Å². The van der Waals surface area contributed by atoms with E-state index < -0.39 is 11.9 Å². The largest absolute Gasteiger partial charge is 0.478 e. The average molecular weight is 350 g/mol. The van der Waals surface area contributed by atoms with Gasteiger partial charge in [0, 0.05) is 20.2 Å². The second kappa shape index (κ2) is 6.57. The standard InChI is InChI=1S/C18H14N4O4/c1-19-16-14(10-13-8-9-15(26-13)21(2)3)17(23)22(20-16)12-6-4-11(5-7-12)18(24)25/h4-10H,2-3H3,(H,24,25). The number of carbonyl (C=O) groups is 2. The van der Waals surface area contributed by atoms with Crippen molar-refractivity contribution in [2.24, 2.45) is 5.10 Å². The topological polar surface area (TPSA) is 90.7 Å². The van der Waals surface area contributed by atoms with E-state index in [9.17, 15) is 9.59 Å². The predicted molar refractivity (Wildman–Crippen MR) is 95.9 cm³/mol. The number of benzene rings is 1. The van der Waals surface area contributed by atoms with Crippen LogP contribution in [0.1, 0.15) is 16.1 Å². The Morgan fingerprint density at radius 1 is 1.27 bits per heavy atom. The summed E-state index contributed by atoms with van der Waals surface area (Å²) in [6.07, 6.45) is 1.47. The molecule has 1 amide bonds. The molecule has 0 saturated heterocycles. The minimum absolute atomic E-state index is 0.0554. The maximum Gasteiger partial charge on any atom is 0.335 e. The van der Waals surface area contributed by atoms with Crippen molar-refractivity contribution in [3.63, 3.8) is 0 Å². The van der Waals surface area contributed by atoms with E-state index in [2.05, 4.69) is 9.95 Å². The Labute approximate surface area is 149 Å². The molecule has 0 unspecified atom stereocenters. The third kappa shape index (κ3) is 3.06. The Bertz CT molecular complexity index is 977. The highest BCUT2D eigenvalue weighted by Crippen LogP contribution is 2.27. The van der Waals surface area contributed by atoms with Crippen molar-refractivity contribution < 1.29 is 19.1 Å². The molecular formula is C18H14N4O4. The minimum atomic E-state index is -1.07. The summed E-state index contributed by atoms with van der Waals surface area (Å²) in [6.45, 7) is 7.26. The maximum absolute atomic E-state index is 12.7. The first-order valence-corrected chi connectivity index (χ1v) is 7.54. The first kappa shape index (κ1) is 17.0. The van der Waals surface area contributed by atoms with E-state index in [0.717, 1.165) is 5.01 Å². The maximum atomic E-state index is 12.7. The molecule has 1 aliphatic heterocycles. The molecule has 1 aliphatic rings. The van der Waals surface area contributed by atoms with Crippen LogP contribution in [0.4, 0.5) is 11.6 Å². The number of hydrazone groups is 1. The Morgan fingerprint density at radius 2 is 1.96 bits per heavy atom. The van der Waals surface area contributed by atoms with E-state index in [1.54, 1.807) is 17.0 Å². The van der Waals surface area contributed by atoms with E-state index in [0.29, 0.717) is 17.3 Å². The molecule has 0 fully saturated rings. The van der Waals surface area contributed by atoms with Crippen molar-refractivity contribution in [1.29, 1.82) is 0 Å². The Hall–Kier alpha value is -3.86. The van der Waals surface area contributed by atoms with Crippen LogP contribution in [-0.2, 0) is 4.79 Å². The van der Waals surface area contributed by atoms with E-state index in [4.69, 9.17) is 16.1 Å². The lowest BCUT2D eigenvalue weighted by Gasteiger charge is -2.08. The van der Waals surface area contributed by atoms with E-state index >= 15 is 0 Å². The number of carboxylic acid groups (broad SMARTS) is 1. The lowest BCUT2D eigenvalue weighted by molar-refractivity contribution is -0.114. The van der Waals surface area contributed by atoms with Crippen LogP contribution in [-0.4, -0.2) is 36.9 Å². The number of nitrogens with zero attached hydrogens (tertiary/aromatic N) is 4. The molecule has 2 heterocycles. The molecular weight excluding hydrogens is 336 g/mol. The van der Waals surface area contributed by atoms with Crippen molar-refractivity contribution in [2.45, 2.75) is 0 Å². The van der Waals surface area contributed by atoms with Gasteiger partial charge in [-0.1, -0.05) is 6.57 Å². The van der Waals surface area contributed by atoms with Crippen molar-refractivity contribution >= 4 is 35.4 Å². The molecule has 1 aromatic heterocycles. The molecule has 1 N–H and O–H groups in total. The smallest absolute Gasteiger partial charge is 0.335 e. The Kier molecular flexibility index (Phi) is 4.29. The third-order valence-electron chi connectivity index (χ3n) is 3.66. The Balaban J connectivity index is 1.93. The molecule has 2 aromatic rings. The zero-order valence-corrected chi connectivity index (χ0v) is 14.0. The number of carbonyl (C=O) groups excluding carboxylic acids is 1. The molecule has 26 heavy (non-hydrogen) atoms. The van der Waals surface area contributed by atoms with Crippen LogP contribution in [0.25, 0.3) is 10.9 Å². The van der Waals surface area contributed by atoms with Crippen LogP contribution >= 0.6 is 0 Å². The summed E-state index contributed by atoms with van der Waals surface area (Å²) in [4.78, 5) is 28.7. The number of amides is 1. The SMILES string of the molecule is [C-]#[N+]C1=NN(c2ccc(C(=O)O)cc2)C(=O)C1=Cc1ccc(N(C)C)o1. The van der Waals surface area contributed by atoms with Crippen molar-refractivity contribution in [3.8, 4) is 0 Å². The fourth-order valence-corrected chi connectivity index (χ4v) is 2.34. The summed E-state index contributed by atoms with van der Waals surface area (Å²) >= 11 is 0. The fourth-order valence-electron chi connectivity index (χ4n) is 2.34. The molecule has 3 rings (SSSR count). The summed E-state index contributed by atoms with van der Waals surface area (Å²) in [5.41, 5.74) is 0.581. The van der Waals surface area contributed by atoms with Gasteiger partial charge in [0.05, 0.1) is 16.8 Å². The van der Waals surface area contributed by atoms with Gasteiger partial charge in [-0.05, 0) is 41.5 Å². The van der Waals surface area contributed by atoms with E-state index in [1.807, 2.05) is 14.1 Å². The third-order valence-corrected chi connectivity index (χ3v) is 3.66. The first-order valence-electron chi connectivity index (χ1n) is 7.54. The highest BCUT2D eigenvalue weighted by atomic mass is 16.4. The first-order chi connectivity index (χ1) is 12.4. The van der Waals surface area contributed by atoms with Gasteiger partial charge in [0.2, 0.25) is 0 Å². The minimum Gasteiger partial charge on any atom is -0.478 e. The fraction of sp³-hybridized carbons (Fsp3) is 0.111. The van der Waals surface area contributed by atoms with Gasteiger partial charge in [-0.25, -0.2) is 4.79 Å². The molecule has 8 heteroatoms. The summed E-state index contributed by atoms with van der Waals surface area (Å²) in [5.74, 6) is -0.562. The van der Waals surface area contributed by atoms with Crippen molar-refractivity contribution in [3.05, 3.63) is 64.7 Å². The number of hydrogen-bond donors (Lipinski definition) is 1. The van der Waals surface area contributed by atoms with Gasteiger partial charge in [-0.2, -0.15) is 0 Å². The molecule has 0 radical (unpaired) electrons. The number of anilines is 2. The normalized spacial score (nSPS) is 15.1. The highest BCUT2D eigenvalue weighted by Gasteiger charge is 2.34. The van der Waals surface area contributed by atoms with E-state index in [1.165, 1.54) is 30.3 Å². The van der Waals surface area contributed by atoms with Crippen LogP contribution in [0.15, 0.2) is 51.5 Å². The number of furan rings is 1. The highest BCUT2D eigenvalue weighted by molar-refractivity contribution is 6.34. The zero-order chi connectivity index (χ0) is 18.8. The molecule has 0 saturated carbocycles. The molecule has 8 nitrogen and oxygen atoms in total. The molecule has 0 aliphatic carbocycles. The summed E-state index contributed by atoms with van der Waals surface area (Å²) < 4.78 is 5.59. The van der Waals surface area contributed by atoms with Gasteiger partial charge in [-0.3, -0.25) is 4.79 Å². The average Bonchev–Trinajstić information content (AvgIpc) is 3.21. The summed E-state index contributed by atoms with van der Waals surface area (Å²) in [5, 5.41) is 14.0. The van der Waals surface area contributed by atoms with Gasteiger partial charge >= 0.3 is 11.8 Å². The number of aromatic carboxylic acids is 1. The van der Waals surface area contributed by atoms with Crippen LogP contribution < -0.4 is 9.91 Å². The van der Waals surface area contributed by atoms with Gasteiger partial charge in [0.1, 0.15) is 5.76 Å². The predicted octanol–water partition coefficient (Wildman–Crippen LogP) is 2.71. The van der Waals surface area contributed by atoms with Crippen LogP contribution in [0.5, 0.6) is 0 Å². The molecule has 0 spiro atoms. The van der Waals surface area contributed by atoms with Crippen molar-refractivity contribution in [2.75, 3.05) is 24.0 Å². The quantitative estimate of drug-likeness (QED) is 0.676. The lowest BCUT2D eigenvalue weighted by Crippen LogP contribution is -2.21. The van der Waals surface area contributed by atoms with Gasteiger partial charge in [0.15, 0.2) is 5.88 Å². The second-order valence-electron chi connectivity index (χ2n) is 5.63. The number of rotatable bonds is 4. The molecule has 0 atom stereocenters. The van der Waals surface area contributed by atoms with Crippen LogP contribution in [0, 0.1) is 6.57 Å². The van der Waals surface area contributed by atoms with Gasteiger partial charge in [-0.15, -0.1) is 5.01 Å². The molecule has 130 valence electrons. The number of carboxylic acids is 1. The Morgan fingerprint density at radius 3 is 2.50 bits per heavy atom. The zero-order valence-electron chi connectivity index (χ0n) is 14.0. The van der Waals surface area contributed by atoms with Crippen LogP contribution in [0.3, 0.4) is 0 Å². The van der Waals surface area contributed by atoms with Gasteiger partial charge < -0.3 is 19.3 Å². The van der Waals surface area contributed by atoms with Gasteiger partial charge in [0.25, 0.3) is 5.91 Å². The number of hydrogen-bond acceptors (Lipinski definition) is 5. The summed E-state index contributed by atoms with van der Waals surface area (Å²) in [7, 11) is 3.65. The summed E-state index contributed by atoms with van der Waals surface area (Å²) in [6, 6.07) is 9.12. The lowest BCUT2D eigenvalue weighted by atomic mass is 10.1. The molecule has 0 bridgehead atoms. The second-order valence-corrected chi connectivity index (χ2v) is 5.63. The molecule has 1 aromatic carbocycles.